The molecule has 8 aromatic carbocycles. The number of nitriles is 4. The fourth-order valence-electron chi connectivity index (χ4n) is 8.73. The Labute approximate surface area is 352 Å². The van der Waals surface area contributed by atoms with Gasteiger partial charge in [-0.05, 0) is 95.1 Å². The van der Waals surface area contributed by atoms with Crippen molar-refractivity contribution in [2.24, 2.45) is 0 Å². The lowest BCUT2D eigenvalue weighted by Crippen LogP contribution is -2.12. The Morgan fingerprint density at radius 3 is 1.24 bits per heavy atom. The molecule has 2 heterocycles. The van der Waals surface area contributed by atoms with E-state index in [4.69, 9.17) is 0 Å². The van der Waals surface area contributed by atoms with E-state index in [9.17, 15) is 21.0 Å². The maximum absolute atomic E-state index is 15.5. The highest BCUT2D eigenvalue weighted by molar-refractivity contribution is 6.13. The number of aromatic nitrogens is 2. The fraction of sp³-hybridized carbons (Fsp3) is 0.0189. The van der Waals surface area contributed by atoms with E-state index in [1.54, 1.807) is 36.4 Å². The minimum Gasteiger partial charge on any atom is -0.308 e. The molecule has 0 N–H and O–H groups in total. The summed E-state index contributed by atoms with van der Waals surface area (Å²) in [6, 6.07) is 56.8. The number of rotatable bonds is 5. The Morgan fingerprint density at radius 2 is 0.806 bits per heavy atom. The van der Waals surface area contributed by atoms with E-state index < -0.39 is 11.7 Å². The van der Waals surface area contributed by atoms with Crippen LogP contribution in [0.3, 0.4) is 0 Å². The highest BCUT2D eigenvalue weighted by Crippen LogP contribution is 2.48. The number of benzene rings is 8. The first-order valence-corrected chi connectivity index (χ1v) is 19.5. The summed E-state index contributed by atoms with van der Waals surface area (Å²) >= 11 is 0. The molecule has 0 aliphatic carbocycles. The molecule has 6 nitrogen and oxygen atoms in total. The standard InChI is InChI=1S/C53H27F3N6/c54-53(55,56)44-9-5-6-39(31-60)51(44)52-49(61-45-10-3-1-7-40(45)42-22-20-37(26-47(42)61)35-16-12-32(28-57)13-17-35)24-34(30-59)25-50(52)62-46-11-4-2-8-41(46)43-23-21-38(27-48(43)62)36-18-14-33(29-58)15-19-36/h1-27H. The zero-order valence-corrected chi connectivity index (χ0v) is 32.4. The van der Waals surface area contributed by atoms with Crippen molar-refractivity contribution in [1.29, 1.82) is 21.0 Å². The lowest BCUT2D eigenvalue weighted by Gasteiger charge is -2.24. The first-order valence-electron chi connectivity index (χ1n) is 19.5. The van der Waals surface area contributed by atoms with Crippen LogP contribution in [0.25, 0.3) is 88.4 Å². The smallest absolute Gasteiger partial charge is 0.308 e. The third kappa shape index (κ3) is 5.93. The van der Waals surface area contributed by atoms with Gasteiger partial charge >= 0.3 is 6.18 Å². The number of halogens is 3. The van der Waals surface area contributed by atoms with Crippen LogP contribution in [0.1, 0.15) is 27.8 Å². The topological polar surface area (TPSA) is 105 Å². The van der Waals surface area contributed by atoms with E-state index in [0.29, 0.717) is 33.2 Å². The Balaban J connectivity index is 1.40. The van der Waals surface area contributed by atoms with Crippen molar-refractivity contribution in [2.75, 3.05) is 0 Å². The predicted molar refractivity (Wildman–Crippen MR) is 235 cm³/mol. The first kappa shape index (κ1) is 37.4. The Bertz CT molecular complexity index is 3460. The molecule has 0 aliphatic heterocycles. The second-order valence-electron chi connectivity index (χ2n) is 14.9. The van der Waals surface area contributed by atoms with Gasteiger partial charge in [0.05, 0.1) is 85.5 Å². The number of fused-ring (bicyclic) bond motifs is 6. The molecule has 290 valence electrons. The van der Waals surface area contributed by atoms with Gasteiger partial charge in [-0.15, -0.1) is 0 Å². The molecule has 0 amide bonds. The molecule has 0 atom stereocenters. The highest BCUT2D eigenvalue weighted by Gasteiger charge is 2.37. The molecular weight excluding hydrogens is 778 g/mol. The van der Waals surface area contributed by atoms with Crippen LogP contribution in [-0.2, 0) is 6.18 Å². The van der Waals surface area contributed by atoms with Gasteiger partial charge in [0, 0.05) is 32.7 Å². The summed E-state index contributed by atoms with van der Waals surface area (Å²) in [5, 5.41) is 43.7. The lowest BCUT2D eigenvalue weighted by molar-refractivity contribution is -0.137. The fourth-order valence-corrected chi connectivity index (χ4v) is 8.73. The lowest BCUT2D eigenvalue weighted by atomic mass is 9.90. The normalized spacial score (nSPS) is 11.4. The van der Waals surface area contributed by atoms with Gasteiger partial charge in [0.2, 0.25) is 0 Å². The average molecular weight is 805 g/mol. The van der Waals surface area contributed by atoms with Crippen LogP contribution >= 0.6 is 0 Å². The molecule has 0 aliphatic rings. The summed E-state index contributed by atoms with van der Waals surface area (Å²) in [6.45, 7) is 0. The van der Waals surface area contributed by atoms with Crippen molar-refractivity contribution in [2.45, 2.75) is 6.18 Å². The summed E-state index contributed by atoms with van der Waals surface area (Å²) in [5.74, 6) is 0. The number of nitrogens with zero attached hydrogens (tertiary/aromatic N) is 6. The van der Waals surface area contributed by atoms with Gasteiger partial charge in [0.15, 0.2) is 0 Å². The van der Waals surface area contributed by atoms with E-state index in [1.807, 2.05) is 118 Å². The van der Waals surface area contributed by atoms with Crippen molar-refractivity contribution in [3.05, 3.63) is 192 Å². The molecular formula is C53H27F3N6. The van der Waals surface area contributed by atoms with Crippen molar-refractivity contribution >= 4 is 43.6 Å². The second-order valence-corrected chi connectivity index (χ2v) is 14.9. The summed E-state index contributed by atoms with van der Waals surface area (Å²) in [7, 11) is 0. The Hall–Kier alpha value is -8.89. The van der Waals surface area contributed by atoms with E-state index >= 15 is 13.2 Å². The summed E-state index contributed by atoms with van der Waals surface area (Å²) in [4.78, 5) is 0. The molecule has 10 rings (SSSR count). The maximum atomic E-state index is 15.5. The van der Waals surface area contributed by atoms with Gasteiger partial charge in [-0.3, -0.25) is 0 Å². The molecule has 62 heavy (non-hydrogen) atoms. The van der Waals surface area contributed by atoms with E-state index in [0.717, 1.165) is 49.9 Å². The largest absolute Gasteiger partial charge is 0.417 e. The minimum absolute atomic E-state index is 0.103. The first-order chi connectivity index (χ1) is 30.2. The summed E-state index contributed by atoms with van der Waals surface area (Å²) in [6.07, 6.45) is -4.88. The predicted octanol–water partition coefficient (Wildman–Crippen LogP) is 13.4. The Morgan fingerprint density at radius 1 is 0.371 bits per heavy atom. The van der Waals surface area contributed by atoms with Crippen molar-refractivity contribution < 1.29 is 13.2 Å². The molecule has 0 saturated heterocycles. The molecule has 10 aromatic rings. The third-order valence-electron chi connectivity index (χ3n) is 11.5. The number of para-hydroxylation sites is 2. The molecule has 9 heteroatoms. The van der Waals surface area contributed by atoms with Crippen LogP contribution in [-0.4, -0.2) is 9.13 Å². The van der Waals surface area contributed by atoms with Gasteiger partial charge in [-0.2, -0.15) is 34.2 Å². The molecule has 0 saturated carbocycles. The Kier molecular flexibility index (Phi) is 8.70. The third-order valence-corrected chi connectivity index (χ3v) is 11.5. The SMILES string of the molecule is N#Cc1ccc(-c2ccc3c4ccccc4n(-c4cc(C#N)cc(-n5c6ccccc6c6ccc(-c7ccc(C#N)cc7)cc65)c4-c4c(C#N)cccc4C(F)(F)F)c3c2)cc1. The van der Waals surface area contributed by atoms with Crippen molar-refractivity contribution in [1.82, 2.24) is 9.13 Å². The zero-order chi connectivity index (χ0) is 42.7. The number of alkyl halides is 3. The highest BCUT2D eigenvalue weighted by atomic mass is 19.4. The molecule has 0 bridgehead atoms. The summed E-state index contributed by atoms with van der Waals surface area (Å²) in [5.41, 5.74) is 6.24. The second kappa shape index (κ2) is 14.4. The van der Waals surface area contributed by atoms with E-state index in [-0.39, 0.29) is 33.6 Å². The number of hydrogen-bond acceptors (Lipinski definition) is 4. The minimum atomic E-state index is -4.88. The monoisotopic (exact) mass is 804 g/mol. The van der Waals surface area contributed by atoms with Crippen LogP contribution in [0, 0.1) is 45.3 Å². The van der Waals surface area contributed by atoms with Crippen LogP contribution in [0.2, 0.25) is 0 Å². The van der Waals surface area contributed by atoms with Crippen LogP contribution in [0.4, 0.5) is 13.2 Å². The van der Waals surface area contributed by atoms with Gasteiger partial charge in [-0.25, -0.2) is 0 Å². The number of hydrogen-bond donors (Lipinski definition) is 0. The van der Waals surface area contributed by atoms with Crippen LogP contribution in [0.15, 0.2) is 164 Å². The van der Waals surface area contributed by atoms with Crippen LogP contribution < -0.4 is 0 Å². The quantitative estimate of drug-likeness (QED) is 0.173. The molecule has 0 fully saturated rings. The average Bonchev–Trinajstić information content (AvgIpc) is 3.82. The maximum Gasteiger partial charge on any atom is 0.417 e. The molecule has 0 unspecified atom stereocenters. The van der Waals surface area contributed by atoms with E-state index in [2.05, 4.69) is 24.3 Å². The molecule has 0 radical (unpaired) electrons. The molecule has 2 aromatic heterocycles. The summed E-state index contributed by atoms with van der Waals surface area (Å²) < 4.78 is 50.4. The van der Waals surface area contributed by atoms with Crippen molar-refractivity contribution in [3.63, 3.8) is 0 Å². The van der Waals surface area contributed by atoms with Gasteiger partial charge in [0.1, 0.15) is 0 Å². The van der Waals surface area contributed by atoms with Crippen molar-refractivity contribution in [3.8, 4) is 69.0 Å². The van der Waals surface area contributed by atoms with Gasteiger partial charge in [0.25, 0.3) is 0 Å². The van der Waals surface area contributed by atoms with E-state index in [1.165, 1.54) is 12.1 Å². The molecule has 0 spiro atoms. The van der Waals surface area contributed by atoms with Gasteiger partial charge < -0.3 is 9.13 Å². The van der Waals surface area contributed by atoms with Crippen LogP contribution in [0.5, 0.6) is 0 Å². The van der Waals surface area contributed by atoms with Gasteiger partial charge in [-0.1, -0.05) is 91.0 Å². The zero-order valence-electron chi connectivity index (χ0n) is 32.4.